The number of hydrogen-bond donors (Lipinski definition) is 3. The van der Waals surface area contributed by atoms with Crippen molar-refractivity contribution in [3.8, 4) is 5.75 Å². The van der Waals surface area contributed by atoms with Crippen LogP contribution in [0.15, 0.2) is 24.3 Å². The van der Waals surface area contributed by atoms with E-state index in [0.717, 1.165) is 17.7 Å². The van der Waals surface area contributed by atoms with Crippen molar-refractivity contribution in [2.45, 2.75) is 32.4 Å². The molecule has 0 fully saturated rings. The number of rotatable bonds is 8. The van der Waals surface area contributed by atoms with E-state index in [1.165, 1.54) is 0 Å². The largest absolute Gasteiger partial charge is 0.497 e. The third-order valence-electron chi connectivity index (χ3n) is 3.01. The van der Waals surface area contributed by atoms with Crippen molar-refractivity contribution in [1.29, 1.82) is 0 Å². The highest BCUT2D eigenvalue weighted by Gasteiger charge is 2.12. The quantitative estimate of drug-likeness (QED) is 0.662. The summed E-state index contributed by atoms with van der Waals surface area (Å²) in [5.74, 6) is 0.224. The Morgan fingerprint density at radius 3 is 2.41 bits per heavy atom. The summed E-state index contributed by atoms with van der Waals surface area (Å²) in [7, 11) is 1.60. The third-order valence-corrected chi connectivity index (χ3v) is 3.01. The van der Waals surface area contributed by atoms with Crippen LogP contribution in [0.2, 0.25) is 0 Å². The van der Waals surface area contributed by atoms with Gasteiger partial charge in [-0.15, -0.1) is 12.4 Å². The molecule has 1 unspecified atom stereocenters. The molecule has 1 aromatic rings. The van der Waals surface area contributed by atoms with E-state index < -0.39 is 6.04 Å². The SMILES string of the molecule is CCCC(N)C(=O)NCC(=O)NCc1ccc(OC)cc1.Cl. The highest BCUT2D eigenvalue weighted by Crippen LogP contribution is 2.10. The van der Waals surface area contributed by atoms with Gasteiger partial charge in [0.15, 0.2) is 0 Å². The summed E-state index contributed by atoms with van der Waals surface area (Å²) >= 11 is 0. The summed E-state index contributed by atoms with van der Waals surface area (Å²) in [6, 6.07) is 6.84. The highest BCUT2D eigenvalue weighted by molar-refractivity contribution is 5.87. The van der Waals surface area contributed by atoms with Crippen molar-refractivity contribution < 1.29 is 14.3 Å². The van der Waals surface area contributed by atoms with Gasteiger partial charge in [0.2, 0.25) is 11.8 Å². The van der Waals surface area contributed by atoms with E-state index in [1.807, 2.05) is 31.2 Å². The smallest absolute Gasteiger partial charge is 0.239 e. The van der Waals surface area contributed by atoms with Gasteiger partial charge in [-0.3, -0.25) is 9.59 Å². The van der Waals surface area contributed by atoms with Gasteiger partial charge in [-0.1, -0.05) is 25.5 Å². The fourth-order valence-corrected chi connectivity index (χ4v) is 1.75. The van der Waals surface area contributed by atoms with Gasteiger partial charge < -0.3 is 21.1 Å². The van der Waals surface area contributed by atoms with E-state index in [1.54, 1.807) is 7.11 Å². The minimum Gasteiger partial charge on any atom is -0.497 e. The standard InChI is InChI=1S/C15H23N3O3.ClH/c1-3-4-13(16)15(20)18-10-14(19)17-9-11-5-7-12(21-2)8-6-11;/h5-8,13H,3-4,9-10,16H2,1-2H3,(H,17,19)(H,18,20);1H. The number of benzene rings is 1. The molecule has 0 radical (unpaired) electrons. The second-order valence-electron chi connectivity index (χ2n) is 4.74. The van der Waals surface area contributed by atoms with Crippen LogP contribution < -0.4 is 21.1 Å². The van der Waals surface area contributed by atoms with E-state index in [2.05, 4.69) is 10.6 Å². The van der Waals surface area contributed by atoms with Gasteiger partial charge in [0, 0.05) is 6.54 Å². The maximum absolute atomic E-state index is 11.6. The van der Waals surface area contributed by atoms with Crippen molar-refractivity contribution in [1.82, 2.24) is 10.6 Å². The third kappa shape index (κ3) is 7.28. The zero-order chi connectivity index (χ0) is 15.7. The maximum atomic E-state index is 11.6. The summed E-state index contributed by atoms with van der Waals surface area (Å²) in [6.45, 7) is 2.29. The van der Waals surface area contributed by atoms with Crippen molar-refractivity contribution in [3.63, 3.8) is 0 Å². The summed E-state index contributed by atoms with van der Waals surface area (Å²) in [5.41, 5.74) is 6.61. The lowest BCUT2D eigenvalue weighted by Crippen LogP contribution is -2.44. The second-order valence-corrected chi connectivity index (χ2v) is 4.74. The lowest BCUT2D eigenvalue weighted by Gasteiger charge is -2.11. The molecule has 0 aliphatic carbocycles. The Morgan fingerprint density at radius 2 is 1.86 bits per heavy atom. The molecule has 124 valence electrons. The van der Waals surface area contributed by atoms with E-state index in [-0.39, 0.29) is 30.8 Å². The Kier molecular flexibility index (Phi) is 9.98. The summed E-state index contributed by atoms with van der Waals surface area (Å²) in [6.07, 6.45) is 1.44. The average Bonchev–Trinajstić information content (AvgIpc) is 2.51. The van der Waals surface area contributed by atoms with Crippen LogP contribution in [-0.2, 0) is 16.1 Å². The number of nitrogens with two attached hydrogens (primary N) is 1. The number of carbonyl (C=O) groups excluding carboxylic acids is 2. The predicted octanol–water partition coefficient (Wildman–Crippen LogP) is 0.977. The lowest BCUT2D eigenvalue weighted by molar-refractivity contribution is -0.127. The van der Waals surface area contributed by atoms with Crippen molar-refractivity contribution in [2.75, 3.05) is 13.7 Å². The molecule has 0 spiro atoms. The molecular formula is C15H24ClN3O3. The summed E-state index contributed by atoms with van der Waals surface area (Å²) in [5, 5.41) is 5.25. The minimum absolute atomic E-state index is 0. The fraction of sp³-hybridized carbons (Fsp3) is 0.467. The topological polar surface area (TPSA) is 93.5 Å². The first-order valence-electron chi connectivity index (χ1n) is 6.99. The molecule has 0 aromatic heterocycles. The summed E-state index contributed by atoms with van der Waals surface area (Å²) in [4.78, 5) is 23.2. The molecule has 0 saturated carbocycles. The van der Waals surface area contributed by atoms with E-state index in [0.29, 0.717) is 13.0 Å². The molecular weight excluding hydrogens is 306 g/mol. The van der Waals surface area contributed by atoms with Crippen LogP contribution in [0.5, 0.6) is 5.75 Å². The molecule has 0 bridgehead atoms. The van der Waals surface area contributed by atoms with E-state index in [4.69, 9.17) is 10.5 Å². The number of ether oxygens (including phenoxy) is 1. The van der Waals surface area contributed by atoms with Crippen LogP contribution in [0, 0.1) is 0 Å². The van der Waals surface area contributed by atoms with Gasteiger partial charge in [-0.25, -0.2) is 0 Å². The molecule has 6 nitrogen and oxygen atoms in total. The van der Waals surface area contributed by atoms with Gasteiger partial charge in [0.05, 0.1) is 19.7 Å². The Balaban J connectivity index is 0.00000441. The second kappa shape index (κ2) is 10.9. The van der Waals surface area contributed by atoms with Crippen LogP contribution in [0.1, 0.15) is 25.3 Å². The molecule has 0 aliphatic heterocycles. The molecule has 0 heterocycles. The Labute approximate surface area is 137 Å². The Bertz CT molecular complexity index is 466. The molecule has 22 heavy (non-hydrogen) atoms. The molecule has 4 N–H and O–H groups in total. The molecule has 1 atom stereocenters. The van der Waals surface area contributed by atoms with Crippen LogP contribution in [-0.4, -0.2) is 31.5 Å². The predicted molar refractivity (Wildman–Crippen MR) is 88.0 cm³/mol. The zero-order valence-corrected chi connectivity index (χ0v) is 13.7. The first kappa shape index (κ1) is 20.2. The zero-order valence-electron chi connectivity index (χ0n) is 12.9. The number of methoxy groups -OCH3 is 1. The van der Waals surface area contributed by atoms with Crippen LogP contribution in [0.25, 0.3) is 0 Å². The van der Waals surface area contributed by atoms with E-state index >= 15 is 0 Å². The first-order valence-corrected chi connectivity index (χ1v) is 6.99. The van der Waals surface area contributed by atoms with Gasteiger partial charge in [0.25, 0.3) is 0 Å². The number of amides is 2. The van der Waals surface area contributed by atoms with Gasteiger partial charge >= 0.3 is 0 Å². The Hall–Kier alpha value is -1.79. The molecule has 1 aromatic carbocycles. The monoisotopic (exact) mass is 329 g/mol. The maximum Gasteiger partial charge on any atom is 0.239 e. The van der Waals surface area contributed by atoms with Gasteiger partial charge in [0.1, 0.15) is 5.75 Å². The normalized spacial score (nSPS) is 11.0. The van der Waals surface area contributed by atoms with Crippen molar-refractivity contribution >= 4 is 24.2 Å². The van der Waals surface area contributed by atoms with Crippen LogP contribution in [0.4, 0.5) is 0 Å². The minimum atomic E-state index is -0.551. The number of hydrogen-bond acceptors (Lipinski definition) is 4. The number of halogens is 1. The molecule has 0 aliphatic rings. The lowest BCUT2D eigenvalue weighted by atomic mass is 10.2. The molecule has 0 saturated heterocycles. The average molecular weight is 330 g/mol. The highest BCUT2D eigenvalue weighted by atomic mass is 35.5. The van der Waals surface area contributed by atoms with Crippen molar-refractivity contribution in [2.24, 2.45) is 5.73 Å². The van der Waals surface area contributed by atoms with Gasteiger partial charge in [-0.05, 0) is 24.1 Å². The van der Waals surface area contributed by atoms with Crippen LogP contribution in [0.3, 0.4) is 0 Å². The summed E-state index contributed by atoms with van der Waals surface area (Å²) < 4.78 is 5.06. The number of nitrogens with one attached hydrogen (secondary N) is 2. The number of carbonyl (C=O) groups is 2. The molecule has 1 rings (SSSR count). The Morgan fingerprint density at radius 1 is 1.23 bits per heavy atom. The first-order chi connectivity index (χ1) is 10.1. The van der Waals surface area contributed by atoms with E-state index in [9.17, 15) is 9.59 Å². The van der Waals surface area contributed by atoms with Gasteiger partial charge in [-0.2, -0.15) is 0 Å². The molecule has 2 amide bonds. The molecule has 7 heteroatoms. The van der Waals surface area contributed by atoms with Crippen LogP contribution >= 0.6 is 12.4 Å². The van der Waals surface area contributed by atoms with Crippen molar-refractivity contribution in [3.05, 3.63) is 29.8 Å². The fourth-order valence-electron chi connectivity index (χ4n) is 1.75.